The van der Waals surface area contributed by atoms with Crippen molar-refractivity contribution in [3.05, 3.63) is 0 Å². The maximum absolute atomic E-state index is 12.8. The fourth-order valence-electron chi connectivity index (χ4n) is 3.16. The highest BCUT2D eigenvalue weighted by Crippen LogP contribution is 2.26. The lowest BCUT2D eigenvalue weighted by molar-refractivity contribution is -0.156. The molecule has 0 spiro atoms. The minimum atomic E-state index is -0.377. The molecule has 0 bridgehead atoms. The summed E-state index contributed by atoms with van der Waals surface area (Å²) in [6, 6.07) is -0.626. The summed E-state index contributed by atoms with van der Waals surface area (Å²) in [6.07, 6.45) is 2.67. The van der Waals surface area contributed by atoms with Crippen molar-refractivity contribution in [1.29, 1.82) is 0 Å². The Morgan fingerprint density at radius 1 is 1.40 bits per heavy atom. The Hall–Kier alpha value is -1.10. The van der Waals surface area contributed by atoms with Gasteiger partial charge < -0.3 is 15.0 Å². The number of ether oxygens (including phenoxy) is 1. The standard InChI is InChI=1S/C15H26N2O3/c1-5-9(2)13-15(19)17(11(4)14(18)16-13)12-6-7-20-10(3)8-12/h9-13H,5-8H2,1-4H3,(H,16,18). The maximum Gasteiger partial charge on any atom is 0.246 e. The van der Waals surface area contributed by atoms with Crippen molar-refractivity contribution in [1.82, 2.24) is 10.2 Å². The first kappa shape index (κ1) is 15.3. The molecule has 2 saturated heterocycles. The van der Waals surface area contributed by atoms with Crippen molar-refractivity contribution < 1.29 is 14.3 Å². The van der Waals surface area contributed by atoms with E-state index in [-0.39, 0.29) is 42.0 Å². The van der Waals surface area contributed by atoms with E-state index in [1.807, 2.05) is 32.6 Å². The molecule has 2 amide bonds. The molecule has 2 fully saturated rings. The predicted octanol–water partition coefficient (Wildman–Crippen LogP) is 1.32. The average Bonchev–Trinajstić information content (AvgIpc) is 2.42. The zero-order chi connectivity index (χ0) is 14.9. The Morgan fingerprint density at radius 3 is 2.70 bits per heavy atom. The molecule has 0 aliphatic carbocycles. The third kappa shape index (κ3) is 2.82. The van der Waals surface area contributed by atoms with Gasteiger partial charge in [0.05, 0.1) is 6.10 Å². The molecule has 2 aliphatic heterocycles. The van der Waals surface area contributed by atoms with Crippen LogP contribution < -0.4 is 5.32 Å². The largest absolute Gasteiger partial charge is 0.378 e. The van der Waals surface area contributed by atoms with Crippen LogP contribution >= 0.6 is 0 Å². The molecule has 114 valence electrons. The lowest BCUT2D eigenvalue weighted by Crippen LogP contribution is -2.67. The first-order chi connectivity index (χ1) is 9.45. The molecule has 5 atom stereocenters. The first-order valence-corrected chi connectivity index (χ1v) is 7.69. The lowest BCUT2D eigenvalue weighted by Gasteiger charge is -2.45. The molecule has 5 heteroatoms. The fraction of sp³-hybridized carbons (Fsp3) is 0.867. The van der Waals surface area contributed by atoms with Crippen molar-refractivity contribution in [2.24, 2.45) is 5.92 Å². The Labute approximate surface area is 121 Å². The Bertz CT molecular complexity index is 385. The van der Waals surface area contributed by atoms with Gasteiger partial charge in [-0.1, -0.05) is 20.3 Å². The van der Waals surface area contributed by atoms with Crippen LogP contribution in [0.5, 0.6) is 0 Å². The molecular weight excluding hydrogens is 256 g/mol. The number of nitrogens with one attached hydrogen (secondary N) is 1. The van der Waals surface area contributed by atoms with Gasteiger partial charge in [0.15, 0.2) is 0 Å². The molecule has 0 radical (unpaired) electrons. The number of hydrogen-bond acceptors (Lipinski definition) is 3. The summed E-state index contributed by atoms with van der Waals surface area (Å²) in [5.41, 5.74) is 0. The van der Waals surface area contributed by atoms with E-state index in [0.29, 0.717) is 6.61 Å². The van der Waals surface area contributed by atoms with Crippen molar-refractivity contribution >= 4 is 11.8 Å². The summed E-state index contributed by atoms with van der Waals surface area (Å²) in [5, 5.41) is 2.89. The summed E-state index contributed by atoms with van der Waals surface area (Å²) < 4.78 is 5.55. The van der Waals surface area contributed by atoms with Crippen molar-refractivity contribution in [2.75, 3.05) is 6.61 Å². The van der Waals surface area contributed by atoms with Crippen LogP contribution in [0.25, 0.3) is 0 Å². The summed E-state index contributed by atoms with van der Waals surface area (Å²) >= 11 is 0. The van der Waals surface area contributed by atoms with Crippen LogP contribution in [0.3, 0.4) is 0 Å². The van der Waals surface area contributed by atoms with Gasteiger partial charge in [-0.25, -0.2) is 0 Å². The van der Waals surface area contributed by atoms with Gasteiger partial charge in [-0.3, -0.25) is 9.59 Å². The number of rotatable bonds is 3. The molecular formula is C15H26N2O3. The van der Waals surface area contributed by atoms with E-state index in [0.717, 1.165) is 19.3 Å². The molecule has 1 N–H and O–H groups in total. The molecule has 5 unspecified atom stereocenters. The van der Waals surface area contributed by atoms with Gasteiger partial charge in [0.1, 0.15) is 12.1 Å². The minimum Gasteiger partial charge on any atom is -0.378 e. The molecule has 0 aromatic carbocycles. The zero-order valence-corrected chi connectivity index (χ0v) is 12.9. The van der Waals surface area contributed by atoms with Gasteiger partial charge >= 0.3 is 0 Å². The minimum absolute atomic E-state index is 0.0333. The van der Waals surface area contributed by atoms with Crippen LogP contribution in [0.1, 0.15) is 47.0 Å². The average molecular weight is 282 g/mol. The van der Waals surface area contributed by atoms with Crippen molar-refractivity contribution in [3.63, 3.8) is 0 Å². The highest BCUT2D eigenvalue weighted by Gasteiger charge is 2.43. The molecule has 2 rings (SSSR count). The van der Waals surface area contributed by atoms with Gasteiger partial charge in [-0.2, -0.15) is 0 Å². The number of piperazine rings is 1. The van der Waals surface area contributed by atoms with E-state index in [9.17, 15) is 9.59 Å². The van der Waals surface area contributed by atoms with Gasteiger partial charge in [0, 0.05) is 12.6 Å². The van der Waals surface area contributed by atoms with Crippen LogP contribution in [0.4, 0.5) is 0 Å². The Morgan fingerprint density at radius 2 is 2.10 bits per heavy atom. The molecule has 2 aliphatic rings. The molecule has 20 heavy (non-hydrogen) atoms. The van der Waals surface area contributed by atoms with Gasteiger partial charge in [-0.15, -0.1) is 0 Å². The van der Waals surface area contributed by atoms with E-state index in [2.05, 4.69) is 5.32 Å². The second kappa shape index (κ2) is 6.12. The highest BCUT2D eigenvalue weighted by molar-refractivity contribution is 5.97. The summed E-state index contributed by atoms with van der Waals surface area (Å²) in [4.78, 5) is 26.7. The smallest absolute Gasteiger partial charge is 0.246 e. The quantitative estimate of drug-likeness (QED) is 0.849. The van der Waals surface area contributed by atoms with Gasteiger partial charge in [0.25, 0.3) is 0 Å². The zero-order valence-electron chi connectivity index (χ0n) is 12.9. The monoisotopic (exact) mass is 282 g/mol. The molecule has 2 heterocycles. The molecule has 5 nitrogen and oxygen atoms in total. The third-order valence-corrected chi connectivity index (χ3v) is 4.68. The number of carbonyl (C=O) groups is 2. The summed E-state index contributed by atoms with van der Waals surface area (Å²) in [5.74, 6) is 0.207. The van der Waals surface area contributed by atoms with Crippen molar-refractivity contribution in [3.8, 4) is 0 Å². The lowest BCUT2D eigenvalue weighted by atomic mass is 9.91. The first-order valence-electron chi connectivity index (χ1n) is 7.69. The van der Waals surface area contributed by atoms with Gasteiger partial charge in [-0.05, 0) is 32.6 Å². The normalized spacial score (nSPS) is 36.7. The Balaban J connectivity index is 2.19. The number of amides is 2. The molecule has 0 aromatic heterocycles. The Kier molecular flexibility index (Phi) is 4.68. The van der Waals surface area contributed by atoms with Gasteiger partial charge in [0.2, 0.25) is 11.8 Å². The highest BCUT2D eigenvalue weighted by atomic mass is 16.5. The van der Waals surface area contributed by atoms with Crippen molar-refractivity contribution in [2.45, 2.75) is 71.2 Å². The van der Waals surface area contributed by atoms with Crippen LogP contribution in [0, 0.1) is 5.92 Å². The second-order valence-electron chi connectivity index (χ2n) is 6.15. The molecule has 0 aromatic rings. The summed E-state index contributed by atoms with van der Waals surface area (Å²) in [6.45, 7) is 8.57. The molecule has 0 saturated carbocycles. The third-order valence-electron chi connectivity index (χ3n) is 4.68. The second-order valence-corrected chi connectivity index (χ2v) is 6.15. The SMILES string of the molecule is CCC(C)C1NC(=O)C(C)N(C2CCOC(C)C2)C1=O. The topological polar surface area (TPSA) is 58.6 Å². The maximum atomic E-state index is 12.8. The van der Waals surface area contributed by atoms with E-state index < -0.39 is 0 Å². The van der Waals surface area contributed by atoms with E-state index in [1.165, 1.54) is 0 Å². The van der Waals surface area contributed by atoms with E-state index in [4.69, 9.17) is 4.74 Å². The van der Waals surface area contributed by atoms with Crippen LogP contribution in [-0.4, -0.2) is 47.6 Å². The number of carbonyl (C=O) groups excluding carboxylic acids is 2. The van der Waals surface area contributed by atoms with Crippen LogP contribution in [0.15, 0.2) is 0 Å². The van der Waals surface area contributed by atoms with E-state index in [1.54, 1.807) is 0 Å². The number of nitrogens with zero attached hydrogens (tertiary/aromatic N) is 1. The van der Waals surface area contributed by atoms with Crippen LogP contribution in [-0.2, 0) is 14.3 Å². The predicted molar refractivity (Wildman–Crippen MR) is 76.1 cm³/mol. The van der Waals surface area contributed by atoms with Crippen LogP contribution in [0.2, 0.25) is 0 Å². The van der Waals surface area contributed by atoms with E-state index >= 15 is 0 Å². The fourth-order valence-corrected chi connectivity index (χ4v) is 3.16. The summed E-state index contributed by atoms with van der Waals surface area (Å²) in [7, 11) is 0. The number of hydrogen-bond donors (Lipinski definition) is 1.